The Morgan fingerprint density at radius 3 is 1.91 bits per heavy atom. The van der Waals surface area contributed by atoms with E-state index in [1.807, 2.05) is 80.5 Å². The molecule has 9 nitrogen and oxygen atoms in total. The van der Waals surface area contributed by atoms with Crippen LogP contribution in [0.15, 0.2) is 54.6 Å². The van der Waals surface area contributed by atoms with Gasteiger partial charge in [0.05, 0.1) is 0 Å². The molecule has 2 aromatic carbocycles. The monoisotopic (exact) mass is 475 g/mol. The van der Waals surface area contributed by atoms with Crippen molar-refractivity contribution in [1.29, 1.82) is 0 Å². The van der Waals surface area contributed by atoms with Crippen LogP contribution in [0.2, 0.25) is 0 Å². The SMILES string of the molecule is CC(=O)NCCNc1nc(-c2ccccc2)nc(NCCNC(=O)c2ccc(N(C)C)cc2)c1C. The summed E-state index contributed by atoms with van der Waals surface area (Å²) in [5.74, 6) is 1.77. The maximum Gasteiger partial charge on any atom is 0.251 e. The van der Waals surface area contributed by atoms with E-state index in [0.717, 1.165) is 16.8 Å². The van der Waals surface area contributed by atoms with E-state index in [1.165, 1.54) is 6.92 Å². The van der Waals surface area contributed by atoms with E-state index < -0.39 is 0 Å². The van der Waals surface area contributed by atoms with E-state index in [2.05, 4.69) is 26.3 Å². The maximum absolute atomic E-state index is 12.5. The zero-order chi connectivity index (χ0) is 25.2. The topological polar surface area (TPSA) is 111 Å². The number of hydrogen-bond donors (Lipinski definition) is 4. The second kappa shape index (κ2) is 12.4. The van der Waals surface area contributed by atoms with Gasteiger partial charge in [0.15, 0.2) is 5.82 Å². The third-order valence-corrected chi connectivity index (χ3v) is 5.32. The number of amides is 2. The summed E-state index contributed by atoms with van der Waals surface area (Å²) in [6.07, 6.45) is 0. The first-order chi connectivity index (χ1) is 16.8. The number of nitrogens with zero attached hydrogens (tertiary/aromatic N) is 3. The molecule has 0 saturated heterocycles. The second-order valence-electron chi connectivity index (χ2n) is 8.27. The average Bonchev–Trinajstić information content (AvgIpc) is 2.86. The standard InChI is InChI=1S/C26H33N7O2/c1-18-23(28-15-14-27-19(2)34)31-25(20-8-6-5-7-9-20)32-24(18)29-16-17-30-26(35)21-10-12-22(13-11-21)33(3)4/h5-13H,14-17H2,1-4H3,(H,27,34)(H,30,35)(H2,28,29,31,32). The molecule has 0 atom stereocenters. The molecular weight excluding hydrogens is 442 g/mol. The highest BCUT2D eigenvalue weighted by atomic mass is 16.2. The highest BCUT2D eigenvalue weighted by molar-refractivity contribution is 5.94. The van der Waals surface area contributed by atoms with Crippen LogP contribution in [0.4, 0.5) is 17.3 Å². The predicted molar refractivity (Wildman–Crippen MR) is 141 cm³/mol. The Morgan fingerprint density at radius 2 is 1.37 bits per heavy atom. The fourth-order valence-electron chi connectivity index (χ4n) is 3.37. The van der Waals surface area contributed by atoms with Crippen molar-refractivity contribution < 1.29 is 9.59 Å². The molecule has 3 rings (SSSR count). The molecule has 0 bridgehead atoms. The Balaban J connectivity index is 1.65. The summed E-state index contributed by atoms with van der Waals surface area (Å²) < 4.78 is 0. The summed E-state index contributed by atoms with van der Waals surface area (Å²) in [5.41, 5.74) is 3.41. The molecule has 35 heavy (non-hydrogen) atoms. The quantitative estimate of drug-likeness (QED) is 0.316. The number of benzene rings is 2. The number of carbonyl (C=O) groups excluding carboxylic acids is 2. The van der Waals surface area contributed by atoms with Gasteiger partial charge >= 0.3 is 0 Å². The number of aromatic nitrogens is 2. The fourth-order valence-corrected chi connectivity index (χ4v) is 3.37. The van der Waals surface area contributed by atoms with Crippen LogP contribution in [0.25, 0.3) is 11.4 Å². The molecule has 184 valence electrons. The van der Waals surface area contributed by atoms with Gasteiger partial charge in [-0.2, -0.15) is 0 Å². The zero-order valence-electron chi connectivity index (χ0n) is 20.7. The lowest BCUT2D eigenvalue weighted by Crippen LogP contribution is -2.29. The van der Waals surface area contributed by atoms with Crippen LogP contribution in [0, 0.1) is 6.92 Å². The van der Waals surface area contributed by atoms with Gasteiger partial charge in [-0.25, -0.2) is 9.97 Å². The van der Waals surface area contributed by atoms with Crippen LogP contribution >= 0.6 is 0 Å². The molecule has 0 aliphatic heterocycles. The minimum absolute atomic E-state index is 0.0748. The molecule has 0 radical (unpaired) electrons. The van der Waals surface area contributed by atoms with E-state index in [9.17, 15) is 9.59 Å². The lowest BCUT2D eigenvalue weighted by molar-refractivity contribution is -0.118. The lowest BCUT2D eigenvalue weighted by atomic mass is 10.2. The Hall–Kier alpha value is -4.14. The summed E-state index contributed by atoms with van der Waals surface area (Å²) in [5, 5.41) is 12.3. The minimum Gasteiger partial charge on any atom is -0.378 e. The molecule has 4 N–H and O–H groups in total. The minimum atomic E-state index is -0.123. The number of nitrogens with one attached hydrogen (secondary N) is 4. The fraction of sp³-hybridized carbons (Fsp3) is 0.308. The molecule has 0 aliphatic rings. The lowest BCUT2D eigenvalue weighted by Gasteiger charge is -2.16. The van der Waals surface area contributed by atoms with Gasteiger partial charge in [-0.15, -0.1) is 0 Å². The summed E-state index contributed by atoms with van der Waals surface area (Å²) in [4.78, 5) is 35.0. The number of carbonyl (C=O) groups is 2. The van der Waals surface area contributed by atoms with Gasteiger partial charge in [-0.05, 0) is 31.2 Å². The normalized spacial score (nSPS) is 10.4. The summed E-state index contributed by atoms with van der Waals surface area (Å²) >= 11 is 0. The largest absolute Gasteiger partial charge is 0.378 e. The van der Waals surface area contributed by atoms with Crippen molar-refractivity contribution in [2.75, 3.05) is 55.8 Å². The molecule has 3 aromatic rings. The van der Waals surface area contributed by atoms with E-state index in [1.54, 1.807) is 0 Å². The molecule has 0 fully saturated rings. The van der Waals surface area contributed by atoms with E-state index >= 15 is 0 Å². The molecule has 0 aliphatic carbocycles. The van der Waals surface area contributed by atoms with Gasteiger partial charge in [0, 0.05) is 69.6 Å². The first kappa shape index (κ1) is 25.5. The molecule has 9 heteroatoms. The van der Waals surface area contributed by atoms with E-state index in [0.29, 0.717) is 49.2 Å². The van der Waals surface area contributed by atoms with Crippen molar-refractivity contribution in [2.24, 2.45) is 0 Å². The summed E-state index contributed by atoms with van der Waals surface area (Å²) in [6.45, 7) is 5.38. The first-order valence-electron chi connectivity index (χ1n) is 11.6. The van der Waals surface area contributed by atoms with Crippen LogP contribution in [-0.2, 0) is 4.79 Å². The molecule has 0 spiro atoms. The molecule has 1 aromatic heterocycles. The van der Waals surface area contributed by atoms with Crippen molar-refractivity contribution in [3.63, 3.8) is 0 Å². The number of rotatable bonds is 11. The van der Waals surface area contributed by atoms with Crippen LogP contribution in [0.1, 0.15) is 22.8 Å². The third kappa shape index (κ3) is 7.43. The van der Waals surface area contributed by atoms with Crippen molar-refractivity contribution in [2.45, 2.75) is 13.8 Å². The Bertz CT molecular complexity index is 1130. The Labute approximate surface area is 206 Å². The average molecular weight is 476 g/mol. The Kier molecular flexibility index (Phi) is 9.00. The van der Waals surface area contributed by atoms with Gasteiger partial charge in [-0.1, -0.05) is 30.3 Å². The molecule has 0 unspecified atom stereocenters. The van der Waals surface area contributed by atoms with Crippen molar-refractivity contribution in [1.82, 2.24) is 20.6 Å². The van der Waals surface area contributed by atoms with Crippen molar-refractivity contribution in [3.05, 3.63) is 65.7 Å². The summed E-state index contributed by atoms with van der Waals surface area (Å²) in [7, 11) is 3.92. The van der Waals surface area contributed by atoms with Gasteiger partial charge < -0.3 is 26.2 Å². The highest BCUT2D eigenvalue weighted by Crippen LogP contribution is 2.25. The van der Waals surface area contributed by atoms with Crippen LogP contribution < -0.4 is 26.2 Å². The van der Waals surface area contributed by atoms with Gasteiger partial charge in [0.2, 0.25) is 5.91 Å². The predicted octanol–water partition coefficient (Wildman–Crippen LogP) is 2.91. The molecule has 0 saturated carbocycles. The highest BCUT2D eigenvalue weighted by Gasteiger charge is 2.12. The van der Waals surface area contributed by atoms with Crippen LogP contribution in [0.3, 0.4) is 0 Å². The van der Waals surface area contributed by atoms with E-state index in [-0.39, 0.29) is 11.8 Å². The molecule has 2 amide bonds. The first-order valence-corrected chi connectivity index (χ1v) is 11.6. The smallest absolute Gasteiger partial charge is 0.251 e. The van der Waals surface area contributed by atoms with Gasteiger partial charge in [-0.3, -0.25) is 9.59 Å². The third-order valence-electron chi connectivity index (χ3n) is 5.32. The van der Waals surface area contributed by atoms with Crippen molar-refractivity contribution in [3.8, 4) is 11.4 Å². The van der Waals surface area contributed by atoms with Crippen molar-refractivity contribution >= 4 is 29.1 Å². The maximum atomic E-state index is 12.5. The molecule has 1 heterocycles. The second-order valence-corrected chi connectivity index (χ2v) is 8.27. The van der Waals surface area contributed by atoms with Crippen LogP contribution in [-0.4, -0.2) is 62.1 Å². The number of hydrogen-bond acceptors (Lipinski definition) is 7. The van der Waals surface area contributed by atoms with Crippen LogP contribution in [0.5, 0.6) is 0 Å². The summed E-state index contributed by atoms with van der Waals surface area (Å²) in [6, 6.07) is 17.2. The van der Waals surface area contributed by atoms with E-state index in [4.69, 9.17) is 4.98 Å². The molecular formula is C26H33N7O2. The zero-order valence-corrected chi connectivity index (χ0v) is 20.7. The number of anilines is 3. The van der Waals surface area contributed by atoms with Gasteiger partial charge in [0.25, 0.3) is 5.91 Å². The van der Waals surface area contributed by atoms with Gasteiger partial charge in [0.1, 0.15) is 11.6 Å². The Morgan fingerprint density at radius 1 is 0.800 bits per heavy atom.